The van der Waals surface area contributed by atoms with Crippen molar-refractivity contribution in [3.63, 3.8) is 0 Å². The molecule has 24 heavy (non-hydrogen) atoms. The number of carbonyl (C=O) groups excluding carboxylic acids is 1. The van der Waals surface area contributed by atoms with Gasteiger partial charge in [-0.25, -0.2) is 4.39 Å². The minimum Gasteiger partial charge on any atom is -0.495 e. The summed E-state index contributed by atoms with van der Waals surface area (Å²) in [6, 6.07) is 11.9. The molecule has 2 aromatic carbocycles. The molecule has 0 aliphatic carbocycles. The minimum absolute atomic E-state index is 0.0712. The molecule has 1 fully saturated rings. The molecule has 1 unspecified atom stereocenters. The molecule has 1 saturated heterocycles. The van der Waals surface area contributed by atoms with Gasteiger partial charge < -0.3 is 15.0 Å². The molecule has 1 N–H and O–H groups in total. The molecule has 0 saturated carbocycles. The molecule has 0 radical (unpaired) electrons. The van der Waals surface area contributed by atoms with Crippen molar-refractivity contribution in [3.8, 4) is 5.75 Å². The van der Waals surface area contributed by atoms with Gasteiger partial charge in [0.2, 0.25) is 0 Å². The van der Waals surface area contributed by atoms with Crippen LogP contribution < -0.4 is 15.0 Å². The second kappa shape index (κ2) is 7.09. The first-order valence-corrected chi connectivity index (χ1v) is 8.11. The summed E-state index contributed by atoms with van der Waals surface area (Å²) < 4.78 is 19.2. The highest BCUT2D eigenvalue weighted by molar-refractivity contribution is 6.33. The number of para-hydroxylation sites is 2. The highest BCUT2D eigenvalue weighted by Gasteiger charge is 2.27. The van der Waals surface area contributed by atoms with E-state index in [1.165, 1.54) is 18.2 Å². The molecular weight excluding hydrogens is 331 g/mol. The van der Waals surface area contributed by atoms with Crippen molar-refractivity contribution in [1.29, 1.82) is 0 Å². The van der Waals surface area contributed by atoms with Crippen molar-refractivity contribution in [2.45, 2.75) is 12.5 Å². The van der Waals surface area contributed by atoms with E-state index in [9.17, 15) is 9.18 Å². The number of benzene rings is 2. The minimum atomic E-state index is -0.611. The van der Waals surface area contributed by atoms with Crippen molar-refractivity contribution in [2.24, 2.45) is 0 Å². The number of ether oxygens (including phenoxy) is 1. The molecule has 1 aliphatic rings. The van der Waals surface area contributed by atoms with Gasteiger partial charge in [0.25, 0.3) is 5.91 Å². The number of carbonyl (C=O) groups is 1. The van der Waals surface area contributed by atoms with Gasteiger partial charge >= 0.3 is 0 Å². The van der Waals surface area contributed by atoms with Crippen LogP contribution in [0.3, 0.4) is 0 Å². The number of hydrogen-bond acceptors (Lipinski definition) is 3. The monoisotopic (exact) mass is 348 g/mol. The Morgan fingerprint density at radius 2 is 2.08 bits per heavy atom. The number of anilines is 1. The number of nitrogens with one attached hydrogen (secondary N) is 1. The normalized spacial score (nSPS) is 17.0. The fourth-order valence-electron chi connectivity index (χ4n) is 2.96. The Morgan fingerprint density at radius 3 is 2.83 bits per heavy atom. The van der Waals surface area contributed by atoms with Crippen molar-refractivity contribution in [2.75, 3.05) is 25.1 Å². The van der Waals surface area contributed by atoms with Crippen molar-refractivity contribution < 1.29 is 13.9 Å². The zero-order chi connectivity index (χ0) is 17.1. The third-order valence-corrected chi connectivity index (χ3v) is 4.45. The van der Waals surface area contributed by atoms with E-state index in [2.05, 4.69) is 10.2 Å². The van der Waals surface area contributed by atoms with Crippen LogP contribution in [0, 0.1) is 5.82 Å². The summed E-state index contributed by atoms with van der Waals surface area (Å²) in [7, 11) is 1.63. The van der Waals surface area contributed by atoms with E-state index in [1.54, 1.807) is 7.11 Å². The van der Waals surface area contributed by atoms with Gasteiger partial charge in [-0.1, -0.05) is 29.8 Å². The van der Waals surface area contributed by atoms with E-state index in [0.717, 1.165) is 24.4 Å². The first-order valence-electron chi connectivity index (χ1n) is 7.73. The number of hydrogen-bond donors (Lipinski definition) is 1. The fraction of sp³-hybridized carbons (Fsp3) is 0.278. The molecule has 0 bridgehead atoms. The highest BCUT2D eigenvalue weighted by atomic mass is 35.5. The van der Waals surface area contributed by atoms with E-state index >= 15 is 0 Å². The van der Waals surface area contributed by atoms with E-state index in [-0.39, 0.29) is 16.6 Å². The van der Waals surface area contributed by atoms with Crippen molar-refractivity contribution in [3.05, 3.63) is 58.9 Å². The maximum atomic E-state index is 13.8. The van der Waals surface area contributed by atoms with Crippen LogP contribution in [0.1, 0.15) is 16.8 Å². The lowest BCUT2D eigenvalue weighted by atomic mass is 10.1. The number of amides is 1. The SMILES string of the molecule is COc1ccccc1N1CCC(NC(=O)c2c(F)cccc2Cl)C1. The molecule has 2 aromatic rings. The van der Waals surface area contributed by atoms with Gasteiger partial charge in [0, 0.05) is 19.1 Å². The smallest absolute Gasteiger partial charge is 0.256 e. The molecular formula is C18H18ClFN2O2. The van der Waals surface area contributed by atoms with Crippen LogP contribution in [0.4, 0.5) is 10.1 Å². The summed E-state index contributed by atoms with van der Waals surface area (Å²) in [6.45, 7) is 1.43. The van der Waals surface area contributed by atoms with Gasteiger partial charge in [-0.2, -0.15) is 0 Å². The summed E-state index contributed by atoms with van der Waals surface area (Å²) in [5.41, 5.74) is 0.885. The number of methoxy groups -OCH3 is 1. The number of halogens is 2. The summed E-state index contributed by atoms with van der Waals surface area (Å²) in [5.74, 6) is -0.300. The van der Waals surface area contributed by atoms with E-state index in [4.69, 9.17) is 16.3 Å². The van der Waals surface area contributed by atoms with Gasteiger partial charge in [-0.3, -0.25) is 4.79 Å². The lowest BCUT2D eigenvalue weighted by molar-refractivity contribution is 0.0936. The summed E-state index contributed by atoms with van der Waals surface area (Å²) >= 11 is 5.95. The van der Waals surface area contributed by atoms with Gasteiger partial charge in [0.05, 0.1) is 23.4 Å². The predicted octanol–water partition coefficient (Wildman–Crippen LogP) is 3.50. The topological polar surface area (TPSA) is 41.6 Å². The van der Waals surface area contributed by atoms with Crippen LogP contribution in [0.15, 0.2) is 42.5 Å². The van der Waals surface area contributed by atoms with Gasteiger partial charge in [-0.05, 0) is 30.7 Å². The predicted molar refractivity (Wildman–Crippen MR) is 92.5 cm³/mol. The first-order chi connectivity index (χ1) is 11.6. The van der Waals surface area contributed by atoms with E-state index < -0.39 is 11.7 Å². The molecule has 6 heteroatoms. The van der Waals surface area contributed by atoms with E-state index in [0.29, 0.717) is 6.54 Å². The Balaban J connectivity index is 1.69. The first kappa shape index (κ1) is 16.6. The molecule has 0 aromatic heterocycles. The van der Waals surface area contributed by atoms with Crippen LogP contribution >= 0.6 is 11.6 Å². The van der Waals surface area contributed by atoms with Crippen molar-refractivity contribution in [1.82, 2.24) is 5.32 Å². The quantitative estimate of drug-likeness (QED) is 0.919. The lowest BCUT2D eigenvalue weighted by Gasteiger charge is -2.21. The van der Waals surface area contributed by atoms with Gasteiger partial charge in [-0.15, -0.1) is 0 Å². The summed E-state index contributed by atoms with van der Waals surface area (Å²) in [6.07, 6.45) is 0.774. The highest BCUT2D eigenvalue weighted by Crippen LogP contribution is 2.30. The molecule has 1 amide bonds. The van der Waals surface area contributed by atoms with Crippen LogP contribution in [-0.2, 0) is 0 Å². The van der Waals surface area contributed by atoms with Gasteiger partial charge in [0.1, 0.15) is 11.6 Å². The maximum Gasteiger partial charge on any atom is 0.256 e. The second-order valence-electron chi connectivity index (χ2n) is 5.67. The molecule has 1 aliphatic heterocycles. The Bertz CT molecular complexity index is 733. The standard InChI is InChI=1S/C18H18ClFN2O2/c1-24-16-8-3-2-7-15(16)22-10-9-12(11-22)21-18(23)17-13(19)5-4-6-14(17)20/h2-8,12H,9-11H2,1H3,(H,21,23). The zero-order valence-corrected chi connectivity index (χ0v) is 14.0. The average molecular weight is 349 g/mol. The summed E-state index contributed by atoms with van der Waals surface area (Å²) in [4.78, 5) is 14.5. The largest absolute Gasteiger partial charge is 0.495 e. The lowest BCUT2D eigenvalue weighted by Crippen LogP contribution is -2.37. The third-order valence-electron chi connectivity index (χ3n) is 4.14. The third kappa shape index (κ3) is 3.31. The average Bonchev–Trinajstić information content (AvgIpc) is 3.03. The van der Waals surface area contributed by atoms with E-state index in [1.807, 2.05) is 24.3 Å². The Hall–Kier alpha value is -2.27. The van der Waals surface area contributed by atoms with Crippen LogP contribution in [0.2, 0.25) is 5.02 Å². The molecule has 1 heterocycles. The molecule has 126 valence electrons. The molecule has 3 rings (SSSR count). The molecule has 0 spiro atoms. The van der Waals surface area contributed by atoms with Gasteiger partial charge in [0.15, 0.2) is 0 Å². The van der Waals surface area contributed by atoms with Crippen LogP contribution in [0.5, 0.6) is 5.75 Å². The van der Waals surface area contributed by atoms with Crippen molar-refractivity contribution >= 4 is 23.2 Å². The molecule has 4 nitrogen and oxygen atoms in total. The number of rotatable bonds is 4. The Morgan fingerprint density at radius 1 is 1.29 bits per heavy atom. The maximum absolute atomic E-state index is 13.8. The zero-order valence-electron chi connectivity index (χ0n) is 13.3. The Kier molecular flexibility index (Phi) is 4.90. The molecule has 1 atom stereocenters. The Labute approximate surface area is 145 Å². The second-order valence-corrected chi connectivity index (χ2v) is 6.08. The van der Waals surface area contributed by atoms with Crippen LogP contribution in [0.25, 0.3) is 0 Å². The number of nitrogens with zero attached hydrogens (tertiary/aromatic N) is 1. The van der Waals surface area contributed by atoms with Crippen LogP contribution in [-0.4, -0.2) is 32.1 Å². The fourth-order valence-corrected chi connectivity index (χ4v) is 3.21. The summed E-state index contributed by atoms with van der Waals surface area (Å²) in [5, 5.41) is 2.99.